The number of hydrogen-bond acceptors (Lipinski definition) is 1. The van der Waals surface area contributed by atoms with Crippen LogP contribution in [0.3, 0.4) is 0 Å². The number of halogens is 1. The van der Waals surface area contributed by atoms with Crippen molar-refractivity contribution in [3.8, 4) is 0 Å². The topological polar surface area (TPSA) is 3.24 Å². The van der Waals surface area contributed by atoms with Crippen LogP contribution in [0.5, 0.6) is 0 Å². The minimum Gasteiger partial charge on any atom is -0.306 e. The second-order valence-corrected chi connectivity index (χ2v) is 3.08. The average molecular weight is 164 g/mol. The zero-order valence-electron chi connectivity index (χ0n) is 7.07. The molecule has 0 aromatic carbocycles. The summed E-state index contributed by atoms with van der Waals surface area (Å²) in [6.07, 6.45) is 3.63. The Morgan fingerprint density at radius 3 is 2.40 bits per heavy atom. The molecule has 0 N–H and O–H groups in total. The number of alkyl halides is 1. The quantitative estimate of drug-likeness (QED) is 0.429. The number of hydrogen-bond donors (Lipinski definition) is 0. The maximum atomic E-state index is 5.54. The molecule has 0 aliphatic carbocycles. The van der Waals surface area contributed by atoms with Gasteiger partial charge in [-0.15, -0.1) is 11.6 Å². The smallest absolute Gasteiger partial charge is 0.0223 e. The lowest BCUT2D eigenvalue weighted by atomic mass is 10.3. The first kappa shape index (κ1) is 10.2. The first-order chi connectivity index (χ1) is 4.81. The lowest BCUT2D eigenvalue weighted by Gasteiger charge is -2.14. The number of unbranched alkanes of at least 4 members (excludes halogenated alkanes) is 1. The van der Waals surface area contributed by atoms with E-state index in [1.165, 1.54) is 25.9 Å². The van der Waals surface area contributed by atoms with Crippen molar-refractivity contribution in [2.24, 2.45) is 0 Å². The Balaban J connectivity index is 2.97. The van der Waals surface area contributed by atoms with Crippen molar-refractivity contribution < 1.29 is 0 Å². The molecule has 2 heteroatoms. The van der Waals surface area contributed by atoms with E-state index in [0.29, 0.717) is 0 Å². The lowest BCUT2D eigenvalue weighted by molar-refractivity contribution is 0.329. The second kappa shape index (κ2) is 7.36. The summed E-state index contributed by atoms with van der Waals surface area (Å²) in [4.78, 5) is 2.35. The molecule has 0 bridgehead atoms. The summed E-state index contributed by atoms with van der Waals surface area (Å²) in [7, 11) is 2.16. The van der Waals surface area contributed by atoms with Gasteiger partial charge in [-0.05, 0) is 39.4 Å². The molecule has 0 saturated heterocycles. The highest BCUT2D eigenvalue weighted by molar-refractivity contribution is 6.17. The summed E-state index contributed by atoms with van der Waals surface area (Å²) >= 11 is 5.54. The third-order valence-corrected chi connectivity index (χ3v) is 1.80. The zero-order valence-corrected chi connectivity index (χ0v) is 7.82. The third-order valence-electron chi connectivity index (χ3n) is 1.53. The van der Waals surface area contributed by atoms with Crippen LogP contribution in [-0.4, -0.2) is 30.9 Å². The lowest BCUT2D eigenvalue weighted by Crippen LogP contribution is -2.20. The van der Waals surface area contributed by atoms with Gasteiger partial charge in [0.2, 0.25) is 0 Å². The Bertz CT molecular complexity index is 66.3. The molecule has 62 valence electrons. The minimum absolute atomic E-state index is 0.806. The average Bonchev–Trinajstić information content (AvgIpc) is 1.89. The molecular weight excluding hydrogens is 146 g/mol. The van der Waals surface area contributed by atoms with Crippen LogP contribution in [0.1, 0.15) is 26.2 Å². The van der Waals surface area contributed by atoms with Crippen LogP contribution >= 0.6 is 11.6 Å². The molecule has 0 rings (SSSR count). The predicted molar refractivity (Wildman–Crippen MR) is 47.7 cm³/mol. The minimum atomic E-state index is 0.806. The highest BCUT2D eigenvalue weighted by Gasteiger charge is 1.94. The highest BCUT2D eigenvalue weighted by atomic mass is 35.5. The van der Waals surface area contributed by atoms with Crippen LogP contribution in [0, 0.1) is 0 Å². The van der Waals surface area contributed by atoms with Crippen LogP contribution < -0.4 is 0 Å². The Labute approximate surface area is 69.4 Å². The van der Waals surface area contributed by atoms with E-state index in [4.69, 9.17) is 11.6 Å². The first-order valence-corrected chi connectivity index (χ1v) is 4.59. The van der Waals surface area contributed by atoms with Gasteiger partial charge in [-0.1, -0.05) is 6.92 Å². The van der Waals surface area contributed by atoms with Crippen molar-refractivity contribution in [2.75, 3.05) is 26.0 Å². The standard InChI is InChI=1S/C8H18ClN/c1-3-7-10(2)8-5-4-6-9/h3-8H2,1-2H3. The maximum Gasteiger partial charge on any atom is 0.0223 e. The van der Waals surface area contributed by atoms with E-state index in [1.54, 1.807) is 0 Å². The summed E-state index contributed by atoms with van der Waals surface area (Å²) in [5.74, 6) is 0.806. The molecule has 0 amide bonds. The Morgan fingerprint density at radius 2 is 1.90 bits per heavy atom. The molecule has 0 aromatic heterocycles. The van der Waals surface area contributed by atoms with E-state index in [1.807, 2.05) is 0 Å². The van der Waals surface area contributed by atoms with Gasteiger partial charge in [-0.25, -0.2) is 0 Å². The molecular formula is C8H18ClN. The second-order valence-electron chi connectivity index (χ2n) is 2.70. The van der Waals surface area contributed by atoms with Gasteiger partial charge in [0, 0.05) is 5.88 Å². The zero-order chi connectivity index (χ0) is 7.82. The summed E-state index contributed by atoms with van der Waals surface area (Å²) < 4.78 is 0. The van der Waals surface area contributed by atoms with Gasteiger partial charge in [-0.2, -0.15) is 0 Å². The fourth-order valence-corrected chi connectivity index (χ4v) is 1.16. The van der Waals surface area contributed by atoms with Gasteiger partial charge in [-0.3, -0.25) is 0 Å². The van der Waals surface area contributed by atoms with E-state index in [2.05, 4.69) is 18.9 Å². The fourth-order valence-electron chi connectivity index (χ4n) is 0.970. The van der Waals surface area contributed by atoms with Crippen LogP contribution in [-0.2, 0) is 0 Å². The molecule has 10 heavy (non-hydrogen) atoms. The molecule has 0 aromatic rings. The SMILES string of the molecule is CCCN(C)CCCCCl. The molecule has 0 atom stereocenters. The molecule has 0 aliphatic heterocycles. The Kier molecular flexibility index (Phi) is 7.54. The molecule has 0 saturated carbocycles. The van der Waals surface area contributed by atoms with Crippen LogP contribution in [0.25, 0.3) is 0 Å². The van der Waals surface area contributed by atoms with E-state index in [-0.39, 0.29) is 0 Å². The highest BCUT2D eigenvalue weighted by Crippen LogP contribution is 1.95. The van der Waals surface area contributed by atoms with Crippen molar-refractivity contribution in [1.82, 2.24) is 4.90 Å². The van der Waals surface area contributed by atoms with Gasteiger partial charge >= 0.3 is 0 Å². The van der Waals surface area contributed by atoms with Crippen LogP contribution in [0.15, 0.2) is 0 Å². The van der Waals surface area contributed by atoms with E-state index in [9.17, 15) is 0 Å². The van der Waals surface area contributed by atoms with Crippen LogP contribution in [0.2, 0.25) is 0 Å². The molecule has 1 nitrogen and oxygen atoms in total. The number of rotatable bonds is 6. The fraction of sp³-hybridized carbons (Fsp3) is 1.00. The van der Waals surface area contributed by atoms with E-state index >= 15 is 0 Å². The van der Waals surface area contributed by atoms with Crippen LogP contribution in [0.4, 0.5) is 0 Å². The van der Waals surface area contributed by atoms with Gasteiger partial charge in [0.05, 0.1) is 0 Å². The molecule has 0 spiro atoms. The number of nitrogens with zero attached hydrogens (tertiary/aromatic N) is 1. The molecule has 0 aliphatic rings. The summed E-state index contributed by atoms with van der Waals surface area (Å²) in [6.45, 7) is 4.61. The molecule has 0 heterocycles. The monoisotopic (exact) mass is 163 g/mol. The normalized spacial score (nSPS) is 10.8. The summed E-state index contributed by atoms with van der Waals surface area (Å²) in [5.41, 5.74) is 0. The van der Waals surface area contributed by atoms with Gasteiger partial charge < -0.3 is 4.90 Å². The van der Waals surface area contributed by atoms with Gasteiger partial charge in [0.15, 0.2) is 0 Å². The maximum absolute atomic E-state index is 5.54. The van der Waals surface area contributed by atoms with Crippen molar-refractivity contribution in [2.45, 2.75) is 26.2 Å². The summed E-state index contributed by atoms with van der Waals surface area (Å²) in [5, 5.41) is 0. The van der Waals surface area contributed by atoms with E-state index in [0.717, 1.165) is 12.3 Å². The van der Waals surface area contributed by atoms with Gasteiger partial charge in [0.1, 0.15) is 0 Å². The Hall–Kier alpha value is 0.250. The molecule has 0 radical (unpaired) electrons. The van der Waals surface area contributed by atoms with E-state index < -0.39 is 0 Å². The van der Waals surface area contributed by atoms with Crippen molar-refractivity contribution in [1.29, 1.82) is 0 Å². The van der Waals surface area contributed by atoms with Crippen molar-refractivity contribution in [3.63, 3.8) is 0 Å². The predicted octanol–water partition coefficient (Wildman–Crippen LogP) is 2.35. The molecule has 0 fully saturated rings. The first-order valence-electron chi connectivity index (χ1n) is 4.05. The summed E-state index contributed by atoms with van der Waals surface area (Å²) in [6, 6.07) is 0. The third kappa shape index (κ3) is 6.37. The largest absolute Gasteiger partial charge is 0.306 e. The van der Waals surface area contributed by atoms with Gasteiger partial charge in [0.25, 0.3) is 0 Å². The van der Waals surface area contributed by atoms with Crippen molar-refractivity contribution >= 4 is 11.6 Å². The van der Waals surface area contributed by atoms with Crippen molar-refractivity contribution in [3.05, 3.63) is 0 Å². The molecule has 0 unspecified atom stereocenters. The Morgan fingerprint density at radius 1 is 1.20 bits per heavy atom.